The highest BCUT2D eigenvalue weighted by Crippen LogP contribution is 2.34. The van der Waals surface area contributed by atoms with Crippen LogP contribution in [0.2, 0.25) is 0 Å². The topological polar surface area (TPSA) is 65.7 Å². The summed E-state index contributed by atoms with van der Waals surface area (Å²) in [5.41, 5.74) is 0.730. The molecule has 2 aromatic heterocycles. The second kappa shape index (κ2) is 4.92. The van der Waals surface area contributed by atoms with E-state index in [1.54, 1.807) is 23.5 Å². The number of nitrogens with one attached hydrogen (secondary N) is 2. The van der Waals surface area contributed by atoms with Crippen LogP contribution in [-0.2, 0) is 0 Å². The zero-order valence-electron chi connectivity index (χ0n) is 10.6. The van der Waals surface area contributed by atoms with Crippen LogP contribution in [0.3, 0.4) is 0 Å². The lowest BCUT2D eigenvalue weighted by molar-refractivity contribution is 1.13. The van der Waals surface area contributed by atoms with Gasteiger partial charge in [-0.15, -0.1) is 22.9 Å². The summed E-state index contributed by atoms with van der Waals surface area (Å²) in [7, 11) is 0. The molecule has 0 saturated heterocycles. The summed E-state index contributed by atoms with van der Waals surface area (Å²) in [5.74, 6) is 0. The van der Waals surface area contributed by atoms with E-state index in [0.29, 0.717) is 11.0 Å². The smallest absolute Gasteiger partial charge is 0.314 e. The second-order valence-electron chi connectivity index (χ2n) is 4.52. The van der Waals surface area contributed by atoms with Crippen LogP contribution in [0.4, 0.5) is 0 Å². The van der Waals surface area contributed by atoms with E-state index < -0.39 is 11.1 Å². The molecule has 2 N–H and O–H groups in total. The Bertz CT molecular complexity index is 894. The molecular formula is C14H11ClN2O2S. The number of H-pyrrole nitrogens is 2. The molecule has 0 aliphatic carbocycles. The van der Waals surface area contributed by atoms with Gasteiger partial charge in [0, 0.05) is 9.75 Å². The average molecular weight is 307 g/mol. The van der Waals surface area contributed by atoms with Crippen LogP contribution in [-0.4, -0.2) is 9.97 Å². The number of rotatable bonds is 2. The fourth-order valence-corrected chi connectivity index (χ4v) is 3.27. The molecule has 20 heavy (non-hydrogen) atoms. The van der Waals surface area contributed by atoms with Crippen LogP contribution in [0.5, 0.6) is 0 Å². The van der Waals surface area contributed by atoms with Gasteiger partial charge in [0.05, 0.1) is 16.4 Å². The largest absolute Gasteiger partial charge is 0.316 e. The number of alkyl halides is 1. The first kappa shape index (κ1) is 13.1. The molecule has 0 amide bonds. The number of fused-ring (bicyclic) bond motifs is 1. The molecule has 2 heterocycles. The first-order valence-corrected chi connectivity index (χ1v) is 7.26. The Kier molecular flexibility index (Phi) is 3.23. The SMILES string of the molecule is Cc1ccc(C(Cl)c2ccc3[nH]c(=O)c(=O)[nH]c3c2)s1. The zero-order valence-corrected chi connectivity index (χ0v) is 12.1. The van der Waals surface area contributed by atoms with Crippen molar-refractivity contribution in [1.29, 1.82) is 0 Å². The molecule has 0 aliphatic rings. The summed E-state index contributed by atoms with van der Waals surface area (Å²) in [6, 6.07) is 9.41. The number of halogens is 1. The van der Waals surface area contributed by atoms with Crippen molar-refractivity contribution in [2.24, 2.45) is 0 Å². The lowest BCUT2D eigenvalue weighted by atomic mass is 10.1. The molecule has 102 valence electrons. The van der Waals surface area contributed by atoms with Gasteiger partial charge in [0.2, 0.25) is 0 Å². The maximum Gasteiger partial charge on any atom is 0.314 e. The molecule has 4 nitrogen and oxygen atoms in total. The van der Waals surface area contributed by atoms with Crippen LogP contribution < -0.4 is 11.1 Å². The number of aryl methyl sites for hydroxylation is 1. The van der Waals surface area contributed by atoms with Gasteiger partial charge >= 0.3 is 11.1 Å². The van der Waals surface area contributed by atoms with Crippen molar-refractivity contribution in [3.63, 3.8) is 0 Å². The third kappa shape index (κ3) is 2.30. The molecule has 1 atom stereocenters. The van der Waals surface area contributed by atoms with E-state index in [1.807, 2.05) is 25.1 Å². The maximum absolute atomic E-state index is 11.4. The van der Waals surface area contributed by atoms with Gasteiger partial charge in [0.1, 0.15) is 0 Å². The van der Waals surface area contributed by atoms with E-state index in [9.17, 15) is 9.59 Å². The van der Waals surface area contributed by atoms with Crippen molar-refractivity contribution in [3.05, 3.63) is 66.4 Å². The Morgan fingerprint density at radius 2 is 1.75 bits per heavy atom. The predicted octanol–water partition coefficient (Wildman–Crippen LogP) is 2.91. The number of hydrogen-bond acceptors (Lipinski definition) is 3. The Morgan fingerprint density at radius 3 is 2.40 bits per heavy atom. The van der Waals surface area contributed by atoms with E-state index in [4.69, 9.17) is 11.6 Å². The fraction of sp³-hybridized carbons (Fsp3) is 0.143. The molecule has 3 aromatic rings. The zero-order chi connectivity index (χ0) is 14.3. The van der Waals surface area contributed by atoms with Gasteiger partial charge in [0.25, 0.3) is 0 Å². The van der Waals surface area contributed by atoms with E-state index in [-0.39, 0.29) is 5.38 Å². The lowest BCUT2D eigenvalue weighted by Gasteiger charge is -2.08. The normalized spacial score (nSPS) is 12.7. The van der Waals surface area contributed by atoms with Gasteiger partial charge in [-0.05, 0) is 36.8 Å². The average Bonchev–Trinajstić information content (AvgIpc) is 2.85. The lowest BCUT2D eigenvalue weighted by Crippen LogP contribution is -2.28. The van der Waals surface area contributed by atoms with Crippen LogP contribution in [0.15, 0.2) is 39.9 Å². The van der Waals surface area contributed by atoms with Gasteiger partial charge < -0.3 is 9.97 Å². The Hall–Kier alpha value is -1.85. The Labute approximate surface area is 123 Å². The van der Waals surface area contributed by atoms with E-state index >= 15 is 0 Å². The maximum atomic E-state index is 11.4. The monoisotopic (exact) mass is 306 g/mol. The molecule has 0 fully saturated rings. The minimum absolute atomic E-state index is 0.270. The highest BCUT2D eigenvalue weighted by molar-refractivity contribution is 7.12. The van der Waals surface area contributed by atoms with Gasteiger partial charge in [-0.2, -0.15) is 0 Å². The molecule has 0 spiro atoms. The third-order valence-corrected chi connectivity index (χ3v) is 4.73. The molecule has 0 radical (unpaired) electrons. The molecule has 6 heteroatoms. The number of aromatic nitrogens is 2. The molecular weight excluding hydrogens is 296 g/mol. The van der Waals surface area contributed by atoms with Gasteiger partial charge in [-0.1, -0.05) is 6.07 Å². The standard InChI is InChI=1S/C14H11ClN2O2S/c1-7-2-5-11(20-7)12(15)8-3-4-9-10(6-8)17-14(19)13(18)16-9/h2-6,12H,1H3,(H,16,18)(H,17,19). The van der Waals surface area contributed by atoms with Crippen LogP contribution in [0, 0.1) is 6.92 Å². The van der Waals surface area contributed by atoms with Crippen molar-refractivity contribution in [2.45, 2.75) is 12.3 Å². The summed E-state index contributed by atoms with van der Waals surface area (Å²) in [6.45, 7) is 2.03. The minimum Gasteiger partial charge on any atom is -0.316 e. The van der Waals surface area contributed by atoms with E-state index in [0.717, 1.165) is 10.4 Å². The number of aromatic amines is 2. The van der Waals surface area contributed by atoms with Gasteiger partial charge in [0.15, 0.2) is 0 Å². The minimum atomic E-state index is -0.659. The number of thiophene rings is 1. The van der Waals surface area contributed by atoms with Gasteiger partial charge in [-0.3, -0.25) is 9.59 Å². The molecule has 1 aromatic carbocycles. The quantitative estimate of drug-likeness (QED) is 0.565. The summed E-state index contributed by atoms with van der Waals surface area (Å²) < 4.78 is 0. The first-order valence-electron chi connectivity index (χ1n) is 6.01. The summed E-state index contributed by atoms with van der Waals surface area (Å²) in [6.07, 6.45) is 0. The van der Waals surface area contributed by atoms with Crippen molar-refractivity contribution < 1.29 is 0 Å². The van der Waals surface area contributed by atoms with E-state index in [2.05, 4.69) is 9.97 Å². The fourth-order valence-electron chi connectivity index (χ4n) is 2.04. The second-order valence-corrected chi connectivity index (χ2v) is 6.28. The molecule has 3 rings (SSSR count). The van der Waals surface area contributed by atoms with Crippen LogP contribution in [0.25, 0.3) is 11.0 Å². The third-order valence-electron chi connectivity index (χ3n) is 3.05. The Morgan fingerprint density at radius 1 is 1.05 bits per heavy atom. The first-order chi connectivity index (χ1) is 9.54. The molecule has 0 saturated carbocycles. The van der Waals surface area contributed by atoms with Crippen LogP contribution >= 0.6 is 22.9 Å². The van der Waals surface area contributed by atoms with Gasteiger partial charge in [-0.25, -0.2) is 0 Å². The summed E-state index contributed by atoms with van der Waals surface area (Å²) in [5, 5.41) is -0.270. The summed E-state index contributed by atoms with van der Waals surface area (Å²) >= 11 is 8.10. The molecule has 0 bridgehead atoms. The highest BCUT2D eigenvalue weighted by atomic mass is 35.5. The highest BCUT2D eigenvalue weighted by Gasteiger charge is 2.13. The Balaban J connectivity index is 2.11. The van der Waals surface area contributed by atoms with Crippen molar-refractivity contribution in [3.8, 4) is 0 Å². The summed E-state index contributed by atoms with van der Waals surface area (Å²) in [4.78, 5) is 29.9. The molecule has 1 unspecified atom stereocenters. The molecule has 0 aliphatic heterocycles. The van der Waals surface area contributed by atoms with Crippen LogP contribution in [0.1, 0.15) is 20.7 Å². The predicted molar refractivity (Wildman–Crippen MR) is 81.9 cm³/mol. The van der Waals surface area contributed by atoms with E-state index in [1.165, 1.54) is 4.88 Å². The van der Waals surface area contributed by atoms with Crippen molar-refractivity contribution in [1.82, 2.24) is 9.97 Å². The van der Waals surface area contributed by atoms with Crippen molar-refractivity contribution >= 4 is 34.0 Å². The number of benzene rings is 1. The number of hydrogen-bond donors (Lipinski definition) is 2. The van der Waals surface area contributed by atoms with Crippen molar-refractivity contribution in [2.75, 3.05) is 0 Å².